The summed E-state index contributed by atoms with van der Waals surface area (Å²) in [5.41, 5.74) is 6.15. The molecule has 20 heavy (non-hydrogen) atoms. The van der Waals surface area contributed by atoms with Crippen molar-refractivity contribution in [3.63, 3.8) is 0 Å². The highest BCUT2D eigenvalue weighted by Crippen LogP contribution is 2.14. The molecule has 122 valence electrons. The van der Waals surface area contributed by atoms with E-state index < -0.39 is 0 Å². The summed E-state index contributed by atoms with van der Waals surface area (Å²) in [5, 5.41) is 0. The molecule has 0 aromatic heterocycles. The van der Waals surface area contributed by atoms with E-state index in [0.717, 1.165) is 11.7 Å². The second kappa shape index (κ2) is 15.7. The van der Waals surface area contributed by atoms with Crippen molar-refractivity contribution in [1.82, 2.24) is 0 Å². The molecule has 0 rings (SSSR count). The molecule has 0 radical (unpaired) electrons. The van der Waals surface area contributed by atoms with Crippen LogP contribution in [0.25, 0.3) is 0 Å². The minimum absolute atomic E-state index is 0.424. The standard InChI is InChI=1S/C18H39NS/c1-4-5-6-7-8-9-10-11-12-13-14-18(19)16-20-15-17(2)3/h17-18H,4-16,19H2,1-3H3. The number of hydrogen-bond acceptors (Lipinski definition) is 2. The normalized spacial score (nSPS) is 13.1. The smallest absolute Gasteiger partial charge is 0.0130 e. The topological polar surface area (TPSA) is 26.0 Å². The van der Waals surface area contributed by atoms with Gasteiger partial charge >= 0.3 is 0 Å². The Morgan fingerprint density at radius 3 is 1.75 bits per heavy atom. The summed E-state index contributed by atoms with van der Waals surface area (Å²) in [7, 11) is 0. The lowest BCUT2D eigenvalue weighted by Gasteiger charge is -2.12. The molecule has 0 aromatic rings. The van der Waals surface area contributed by atoms with E-state index in [1.54, 1.807) is 0 Å². The SMILES string of the molecule is CCCCCCCCCCCCC(N)CSCC(C)C. The molecule has 1 nitrogen and oxygen atoms in total. The zero-order valence-electron chi connectivity index (χ0n) is 14.3. The van der Waals surface area contributed by atoms with Gasteiger partial charge in [-0.1, -0.05) is 85.0 Å². The molecule has 0 bridgehead atoms. The maximum Gasteiger partial charge on any atom is 0.0130 e. The molecule has 0 spiro atoms. The first-order chi connectivity index (χ1) is 9.66. The van der Waals surface area contributed by atoms with Gasteiger partial charge in [0.25, 0.3) is 0 Å². The highest BCUT2D eigenvalue weighted by molar-refractivity contribution is 7.99. The Labute approximate surface area is 132 Å². The van der Waals surface area contributed by atoms with Gasteiger partial charge in [0, 0.05) is 11.8 Å². The summed E-state index contributed by atoms with van der Waals surface area (Å²) in [4.78, 5) is 0. The third-order valence-electron chi connectivity index (χ3n) is 3.71. The van der Waals surface area contributed by atoms with Crippen molar-refractivity contribution >= 4 is 11.8 Å². The summed E-state index contributed by atoms with van der Waals surface area (Å²) in [6.45, 7) is 6.84. The van der Waals surface area contributed by atoms with Crippen LogP contribution in [-0.4, -0.2) is 17.5 Å². The van der Waals surface area contributed by atoms with Crippen molar-refractivity contribution < 1.29 is 0 Å². The van der Waals surface area contributed by atoms with Gasteiger partial charge in [0.2, 0.25) is 0 Å². The van der Waals surface area contributed by atoms with Crippen molar-refractivity contribution in [3.05, 3.63) is 0 Å². The summed E-state index contributed by atoms with van der Waals surface area (Å²) in [6.07, 6.45) is 15.4. The van der Waals surface area contributed by atoms with Crippen LogP contribution in [0.3, 0.4) is 0 Å². The fourth-order valence-electron chi connectivity index (χ4n) is 2.43. The Morgan fingerprint density at radius 1 is 0.750 bits per heavy atom. The average Bonchev–Trinajstić information content (AvgIpc) is 2.40. The van der Waals surface area contributed by atoms with Crippen molar-refractivity contribution in [2.24, 2.45) is 11.7 Å². The summed E-state index contributed by atoms with van der Waals surface area (Å²) in [5.74, 6) is 3.20. The maximum atomic E-state index is 6.15. The lowest BCUT2D eigenvalue weighted by Crippen LogP contribution is -2.23. The number of rotatable bonds is 15. The second-order valence-electron chi connectivity index (χ2n) is 6.66. The Hall–Kier alpha value is 0.310. The Kier molecular flexibility index (Phi) is 15.9. The monoisotopic (exact) mass is 301 g/mol. The number of nitrogens with two attached hydrogens (primary N) is 1. The first-order valence-corrected chi connectivity index (χ1v) is 10.2. The molecule has 0 aliphatic rings. The molecule has 2 heteroatoms. The fraction of sp³-hybridized carbons (Fsp3) is 1.00. The van der Waals surface area contributed by atoms with Crippen LogP contribution in [0.5, 0.6) is 0 Å². The molecule has 0 aliphatic carbocycles. The minimum Gasteiger partial charge on any atom is -0.327 e. The Morgan fingerprint density at radius 2 is 1.25 bits per heavy atom. The highest BCUT2D eigenvalue weighted by atomic mass is 32.2. The van der Waals surface area contributed by atoms with Crippen LogP contribution < -0.4 is 5.73 Å². The van der Waals surface area contributed by atoms with Crippen LogP contribution in [0, 0.1) is 5.92 Å². The quantitative estimate of drug-likeness (QED) is 0.375. The van der Waals surface area contributed by atoms with E-state index in [1.165, 1.54) is 76.4 Å². The van der Waals surface area contributed by atoms with Gasteiger partial charge in [-0.3, -0.25) is 0 Å². The van der Waals surface area contributed by atoms with Crippen LogP contribution in [0.15, 0.2) is 0 Å². The van der Waals surface area contributed by atoms with E-state index in [0.29, 0.717) is 6.04 Å². The van der Waals surface area contributed by atoms with Crippen LogP contribution >= 0.6 is 11.8 Å². The summed E-state index contributed by atoms with van der Waals surface area (Å²) < 4.78 is 0. The van der Waals surface area contributed by atoms with Crippen LogP contribution in [0.1, 0.15) is 91.4 Å². The predicted molar refractivity (Wildman–Crippen MR) is 96.6 cm³/mol. The zero-order valence-corrected chi connectivity index (χ0v) is 15.1. The van der Waals surface area contributed by atoms with Crippen molar-refractivity contribution in [1.29, 1.82) is 0 Å². The predicted octanol–water partition coefficient (Wildman–Crippen LogP) is 6.01. The molecule has 1 atom stereocenters. The maximum absolute atomic E-state index is 6.15. The fourth-order valence-corrected chi connectivity index (χ4v) is 3.51. The summed E-state index contributed by atoms with van der Waals surface area (Å²) >= 11 is 2.03. The van der Waals surface area contributed by atoms with Crippen LogP contribution in [0.4, 0.5) is 0 Å². The zero-order chi connectivity index (χ0) is 15.1. The van der Waals surface area contributed by atoms with Gasteiger partial charge in [0.15, 0.2) is 0 Å². The Bertz CT molecular complexity index is 182. The molecule has 0 saturated carbocycles. The van der Waals surface area contributed by atoms with Gasteiger partial charge < -0.3 is 5.73 Å². The molecule has 0 aromatic carbocycles. The van der Waals surface area contributed by atoms with Gasteiger partial charge in [-0.05, 0) is 18.1 Å². The molecule has 0 heterocycles. The molecule has 0 fully saturated rings. The third kappa shape index (κ3) is 16.4. The van der Waals surface area contributed by atoms with Crippen LogP contribution in [-0.2, 0) is 0 Å². The minimum atomic E-state index is 0.424. The van der Waals surface area contributed by atoms with Gasteiger partial charge in [-0.2, -0.15) is 11.8 Å². The average molecular weight is 302 g/mol. The van der Waals surface area contributed by atoms with E-state index in [4.69, 9.17) is 5.73 Å². The Balaban J connectivity index is 3.11. The number of unbranched alkanes of at least 4 members (excludes halogenated alkanes) is 9. The summed E-state index contributed by atoms with van der Waals surface area (Å²) in [6, 6.07) is 0.424. The third-order valence-corrected chi connectivity index (χ3v) is 5.28. The molecular formula is C18H39NS. The van der Waals surface area contributed by atoms with E-state index in [-0.39, 0.29) is 0 Å². The second-order valence-corrected chi connectivity index (χ2v) is 7.74. The molecule has 1 unspecified atom stereocenters. The molecule has 2 N–H and O–H groups in total. The van der Waals surface area contributed by atoms with Crippen molar-refractivity contribution in [3.8, 4) is 0 Å². The lowest BCUT2D eigenvalue weighted by molar-refractivity contribution is 0.535. The van der Waals surface area contributed by atoms with Gasteiger partial charge in [-0.25, -0.2) is 0 Å². The number of thioether (sulfide) groups is 1. The van der Waals surface area contributed by atoms with Gasteiger partial charge in [0.05, 0.1) is 0 Å². The van der Waals surface area contributed by atoms with Crippen LogP contribution in [0.2, 0.25) is 0 Å². The van der Waals surface area contributed by atoms with E-state index in [9.17, 15) is 0 Å². The van der Waals surface area contributed by atoms with Crippen molar-refractivity contribution in [2.45, 2.75) is 97.4 Å². The van der Waals surface area contributed by atoms with E-state index in [2.05, 4.69) is 20.8 Å². The van der Waals surface area contributed by atoms with Crippen molar-refractivity contribution in [2.75, 3.05) is 11.5 Å². The first-order valence-electron chi connectivity index (χ1n) is 9.00. The molecule has 0 aliphatic heterocycles. The van der Waals surface area contributed by atoms with E-state index in [1.807, 2.05) is 11.8 Å². The molecular weight excluding hydrogens is 262 g/mol. The molecule has 0 amide bonds. The van der Waals surface area contributed by atoms with E-state index >= 15 is 0 Å². The molecule has 0 saturated heterocycles. The largest absolute Gasteiger partial charge is 0.327 e. The lowest BCUT2D eigenvalue weighted by atomic mass is 10.0. The first kappa shape index (κ1) is 20.3. The number of hydrogen-bond donors (Lipinski definition) is 1. The van der Waals surface area contributed by atoms with Gasteiger partial charge in [-0.15, -0.1) is 0 Å². The highest BCUT2D eigenvalue weighted by Gasteiger charge is 2.03. The van der Waals surface area contributed by atoms with Gasteiger partial charge in [0.1, 0.15) is 0 Å².